The average Bonchev–Trinajstić information content (AvgIpc) is 3.04. The zero-order valence-corrected chi connectivity index (χ0v) is 16.0. The number of ether oxygens (including phenoxy) is 1. The fraction of sp³-hybridized carbons (Fsp3) is 0.500. The smallest absolute Gasteiger partial charge is 0.236 e. The Morgan fingerprint density at radius 1 is 1.28 bits per heavy atom. The van der Waals surface area contributed by atoms with Crippen LogP contribution in [-0.4, -0.2) is 33.9 Å². The van der Waals surface area contributed by atoms with Crippen LogP contribution in [0.25, 0.3) is 11.4 Å². The number of aromatic nitrogens is 2. The first-order valence-electron chi connectivity index (χ1n) is 8.38. The third-order valence-electron chi connectivity index (χ3n) is 3.71. The van der Waals surface area contributed by atoms with Crippen LogP contribution in [0, 0.1) is 0 Å². The van der Waals surface area contributed by atoms with E-state index in [0.717, 1.165) is 17.7 Å². The molecule has 1 N–H and O–H groups in total. The summed E-state index contributed by atoms with van der Waals surface area (Å²) in [6.45, 7) is 8.65. The van der Waals surface area contributed by atoms with E-state index >= 15 is 0 Å². The molecule has 0 atom stereocenters. The summed E-state index contributed by atoms with van der Waals surface area (Å²) in [6.07, 6.45) is 0.887. The first-order chi connectivity index (χ1) is 11.9. The first kappa shape index (κ1) is 19.3. The number of thioether (sulfide) groups is 1. The van der Waals surface area contributed by atoms with Crippen molar-refractivity contribution in [3.63, 3.8) is 0 Å². The number of hydrogen-bond donors (Lipinski definition) is 1. The van der Waals surface area contributed by atoms with Crippen LogP contribution < -0.4 is 10.1 Å². The van der Waals surface area contributed by atoms with Gasteiger partial charge in [0.05, 0.1) is 18.1 Å². The van der Waals surface area contributed by atoms with Gasteiger partial charge >= 0.3 is 0 Å². The van der Waals surface area contributed by atoms with Crippen molar-refractivity contribution < 1.29 is 14.1 Å². The Balaban J connectivity index is 1.84. The Bertz CT molecular complexity index is 683. The van der Waals surface area contributed by atoms with Crippen LogP contribution in [0.15, 0.2) is 28.8 Å². The second-order valence-corrected chi connectivity index (χ2v) is 7.23. The van der Waals surface area contributed by atoms with Gasteiger partial charge in [0.25, 0.3) is 0 Å². The van der Waals surface area contributed by atoms with Gasteiger partial charge in [0, 0.05) is 11.1 Å². The molecule has 1 amide bonds. The molecule has 0 radical (unpaired) electrons. The topological polar surface area (TPSA) is 77.2 Å². The van der Waals surface area contributed by atoms with Crippen molar-refractivity contribution in [1.29, 1.82) is 0 Å². The maximum Gasteiger partial charge on any atom is 0.236 e. The molecule has 0 aliphatic carbocycles. The summed E-state index contributed by atoms with van der Waals surface area (Å²) in [4.78, 5) is 16.3. The van der Waals surface area contributed by atoms with E-state index in [9.17, 15) is 4.79 Å². The van der Waals surface area contributed by atoms with Gasteiger partial charge in [0.1, 0.15) is 5.75 Å². The molecule has 2 rings (SSSR count). The molecule has 2 aromatic rings. The van der Waals surface area contributed by atoms with Gasteiger partial charge < -0.3 is 14.6 Å². The zero-order valence-electron chi connectivity index (χ0n) is 15.2. The number of amides is 1. The zero-order chi connectivity index (χ0) is 18.3. The highest BCUT2D eigenvalue weighted by molar-refractivity contribution is 7.99. The molecule has 1 heterocycles. The van der Waals surface area contributed by atoms with Gasteiger partial charge in [-0.25, -0.2) is 0 Å². The Kier molecular flexibility index (Phi) is 6.87. The highest BCUT2D eigenvalue weighted by Crippen LogP contribution is 2.21. The maximum absolute atomic E-state index is 11.9. The van der Waals surface area contributed by atoms with Crippen molar-refractivity contribution in [2.75, 3.05) is 12.4 Å². The number of benzene rings is 1. The van der Waals surface area contributed by atoms with Crippen molar-refractivity contribution in [3.8, 4) is 17.1 Å². The summed E-state index contributed by atoms with van der Waals surface area (Å²) in [7, 11) is 0. The number of carbonyl (C=O) groups excluding carboxylic acids is 1. The maximum atomic E-state index is 11.9. The van der Waals surface area contributed by atoms with E-state index in [4.69, 9.17) is 9.26 Å². The monoisotopic (exact) mass is 363 g/mol. The van der Waals surface area contributed by atoms with Crippen LogP contribution in [0.3, 0.4) is 0 Å². The number of nitrogens with one attached hydrogen (secondary N) is 1. The van der Waals surface area contributed by atoms with E-state index < -0.39 is 0 Å². The van der Waals surface area contributed by atoms with Gasteiger partial charge in [-0.15, -0.1) is 11.8 Å². The van der Waals surface area contributed by atoms with E-state index in [1.807, 2.05) is 52.0 Å². The number of carbonyl (C=O) groups is 1. The summed E-state index contributed by atoms with van der Waals surface area (Å²) in [5.41, 5.74) is 0.689. The van der Waals surface area contributed by atoms with Crippen LogP contribution in [0.5, 0.6) is 5.75 Å². The molecule has 0 bridgehead atoms. The van der Waals surface area contributed by atoms with Gasteiger partial charge in [-0.05, 0) is 51.5 Å². The highest BCUT2D eigenvalue weighted by atomic mass is 32.2. The van der Waals surface area contributed by atoms with Crippen LogP contribution in [-0.2, 0) is 10.5 Å². The molecule has 0 aliphatic rings. The Morgan fingerprint density at radius 3 is 2.64 bits per heavy atom. The molecule has 7 heteroatoms. The predicted molar refractivity (Wildman–Crippen MR) is 99.6 cm³/mol. The molecule has 136 valence electrons. The SMILES string of the molecule is CCOc1ccc(-c2noc(CSCC(=O)NC(C)(C)CC)n2)cc1. The molecule has 6 nitrogen and oxygen atoms in total. The van der Waals surface area contributed by atoms with Crippen molar-refractivity contribution >= 4 is 17.7 Å². The Morgan fingerprint density at radius 2 is 2.00 bits per heavy atom. The molecule has 0 unspecified atom stereocenters. The average molecular weight is 363 g/mol. The second-order valence-electron chi connectivity index (χ2n) is 6.25. The minimum Gasteiger partial charge on any atom is -0.494 e. The summed E-state index contributed by atoms with van der Waals surface area (Å²) >= 11 is 1.45. The molecule has 1 aromatic heterocycles. The van der Waals surface area contributed by atoms with Crippen molar-refractivity contribution in [2.45, 2.75) is 45.4 Å². The van der Waals surface area contributed by atoms with Crippen molar-refractivity contribution in [1.82, 2.24) is 15.5 Å². The van der Waals surface area contributed by atoms with Crippen LogP contribution >= 0.6 is 11.8 Å². The highest BCUT2D eigenvalue weighted by Gasteiger charge is 2.18. The number of nitrogens with zero attached hydrogens (tertiary/aromatic N) is 2. The molecular formula is C18H25N3O3S. The van der Waals surface area contributed by atoms with Gasteiger partial charge in [-0.2, -0.15) is 4.98 Å². The minimum atomic E-state index is -0.178. The fourth-order valence-electron chi connectivity index (χ4n) is 2.03. The Labute approximate surface area is 152 Å². The van der Waals surface area contributed by atoms with E-state index in [-0.39, 0.29) is 11.4 Å². The van der Waals surface area contributed by atoms with Crippen molar-refractivity contribution in [2.24, 2.45) is 0 Å². The van der Waals surface area contributed by atoms with E-state index in [2.05, 4.69) is 15.5 Å². The van der Waals surface area contributed by atoms with Gasteiger partial charge in [-0.3, -0.25) is 4.79 Å². The normalized spacial score (nSPS) is 11.4. The third kappa shape index (κ3) is 6.08. The summed E-state index contributed by atoms with van der Waals surface area (Å²) < 4.78 is 10.7. The van der Waals surface area contributed by atoms with Crippen LogP contribution in [0.4, 0.5) is 0 Å². The summed E-state index contributed by atoms with van der Waals surface area (Å²) in [5, 5.41) is 6.99. The van der Waals surface area contributed by atoms with Crippen LogP contribution in [0.2, 0.25) is 0 Å². The fourth-order valence-corrected chi connectivity index (χ4v) is 2.68. The quantitative estimate of drug-likeness (QED) is 0.732. The minimum absolute atomic E-state index is 0.0168. The van der Waals surface area contributed by atoms with E-state index in [0.29, 0.717) is 29.8 Å². The molecule has 0 saturated heterocycles. The van der Waals surface area contributed by atoms with Gasteiger partial charge in [0.2, 0.25) is 17.6 Å². The second kappa shape index (κ2) is 8.89. The first-order valence-corrected chi connectivity index (χ1v) is 9.53. The molecule has 1 aromatic carbocycles. The lowest BCUT2D eigenvalue weighted by molar-refractivity contribution is -0.120. The third-order valence-corrected chi connectivity index (χ3v) is 4.63. The molecule has 0 aliphatic heterocycles. The van der Waals surface area contributed by atoms with E-state index in [1.165, 1.54) is 11.8 Å². The van der Waals surface area contributed by atoms with Crippen molar-refractivity contribution in [3.05, 3.63) is 30.2 Å². The molecule has 25 heavy (non-hydrogen) atoms. The Hall–Kier alpha value is -2.02. The molecule has 0 saturated carbocycles. The largest absolute Gasteiger partial charge is 0.494 e. The molecule has 0 fully saturated rings. The van der Waals surface area contributed by atoms with Gasteiger partial charge in [-0.1, -0.05) is 12.1 Å². The lowest BCUT2D eigenvalue weighted by Gasteiger charge is -2.24. The van der Waals surface area contributed by atoms with Crippen LogP contribution in [0.1, 0.15) is 40.0 Å². The summed E-state index contributed by atoms with van der Waals surface area (Å²) in [5.74, 6) is 2.75. The van der Waals surface area contributed by atoms with Gasteiger partial charge in [0.15, 0.2) is 0 Å². The molecular weight excluding hydrogens is 338 g/mol. The predicted octanol–water partition coefficient (Wildman–Crippen LogP) is 3.67. The lowest BCUT2D eigenvalue weighted by atomic mass is 10.0. The number of rotatable bonds is 9. The number of hydrogen-bond acceptors (Lipinski definition) is 6. The standard InChI is InChI=1S/C18H25N3O3S/c1-5-18(3,4)20-15(22)11-25-12-16-19-17(21-24-16)13-7-9-14(10-8-13)23-6-2/h7-10H,5-6,11-12H2,1-4H3,(H,20,22). The lowest BCUT2D eigenvalue weighted by Crippen LogP contribution is -2.43. The van der Waals surface area contributed by atoms with E-state index in [1.54, 1.807) is 0 Å². The molecule has 0 spiro atoms. The summed E-state index contributed by atoms with van der Waals surface area (Å²) in [6, 6.07) is 7.55.